The molecule has 2 atom stereocenters. The van der Waals surface area contributed by atoms with Crippen LogP contribution in [0, 0.1) is 20.9 Å². The number of nitro groups is 1. The number of likely N-dealkylation sites (tertiary alicyclic amines) is 1. The zero-order valence-electron chi connectivity index (χ0n) is 18.0. The molecule has 1 aliphatic carbocycles. The summed E-state index contributed by atoms with van der Waals surface area (Å²) >= 11 is 0. The number of anilines is 2. The molecule has 29 heavy (non-hydrogen) atoms. The first kappa shape index (κ1) is 20.3. The van der Waals surface area contributed by atoms with Crippen LogP contribution in [0.1, 0.15) is 59.3 Å². The molecule has 0 radical (unpaired) electrons. The van der Waals surface area contributed by atoms with Gasteiger partial charge in [-0.25, -0.2) is 9.97 Å². The first-order chi connectivity index (χ1) is 13.8. The van der Waals surface area contributed by atoms with E-state index in [0.717, 1.165) is 45.4 Å². The summed E-state index contributed by atoms with van der Waals surface area (Å²) in [5, 5.41) is 15.2. The van der Waals surface area contributed by atoms with Crippen molar-refractivity contribution in [3.8, 4) is 0 Å². The first-order valence-corrected chi connectivity index (χ1v) is 11.0. The van der Waals surface area contributed by atoms with Crippen molar-refractivity contribution < 1.29 is 4.92 Å². The average Bonchev–Trinajstić information content (AvgIpc) is 2.91. The van der Waals surface area contributed by atoms with Gasteiger partial charge >= 0.3 is 5.69 Å². The number of aromatic nitrogens is 2. The van der Waals surface area contributed by atoms with Gasteiger partial charge < -0.3 is 15.1 Å². The van der Waals surface area contributed by atoms with Gasteiger partial charge in [-0.3, -0.25) is 10.1 Å². The molecule has 2 saturated heterocycles. The predicted octanol–water partition coefficient (Wildman–Crippen LogP) is 3.69. The van der Waals surface area contributed by atoms with Gasteiger partial charge in [0, 0.05) is 25.7 Å². The molecule has 1 N–H and O–H groups in total. The Balaban J connectivity index is 1.53. The summed E-state index contributed by atoms with van der Waals surface area (Å²) in [5.41, 5.74) is 0.469. The Hall–Kier alpha value is -1.96. The van der Waals surface area contributed by atoms with Crippen LogP contribution in [0.4, 0.5) is 17.3 Å². The molecule has 8 nitrogen and oxygen atoms in total. The molecule has 0 amide bonds. The number of piperidine rings is 1. The number of rotatable bonds is 6. The quantitative estimate of drug-likeness (QED) is 0.573. The molecule has 4 rings (SSSR count). The lowest BCUT2D eigenvalue weighted by molar-refractivity contribution is -0.383. The number of hydrogen-bond acceptors (Lipinski definition) is 7. The van der Waals surface area contributed by atoms with E-state index in [1.807, 2.05) is 0 Å². The molecule has 8 heteroatoms. The minimum absolute atomic E-state index is 0.0279. The van der Waals surface area contributed by atoms with E-state index >= 15 is 0 Å². The molecule has 2 unspecified atom stereocenters. The summed E-state index contributed by atoms with van der Waals surface area (Å²) in [6.07, 6.45) is 8.52. The summed E-state index contributed by atoms with van der Waals surface area (Å²) in [7, 11) is 0. The van der Waals surface area contributed by atoms with Crippen molar-refractivity contribution in [2.24, 2.45) is 10.8 Å². The van der Waals surface area contributed by atoms with E-state index in [1.165, 1.54) is 25.6 Å². The second-order valence-electron chi connectivity index (χ2n) is 10.3. The van der Waals surface area contributed by atoms with E-state index in [4.69, 9.17) is 0 Å². The van der Waals surface area contributed by atoms with Gasteiger partial charge in [0.2, 0.25) is 11.6 Å². The fourth-order valence-electron chi connectivity index (χ4n) is 6.10. The van der Waals surface area contributed by atoms with E-state index in [2.05, 4.69) is 45.9 Å². The molecule has 2 bridgehead atoms. The molecule has 1 aromatic rings. The Kier molecular flexibility index (Phi) is 5.40. The zero-order chi connectivity index (χ0) is 20.6. The number of nitrogens with zero attached hydrogens (tertiary/aromatic N) is 5. The van der Waals surface area contributed by atoms with Crippen LogP contribution in [-0.2, 0) is 0 Å². The van der Waals surface area contributed by atoms with Crippen LogP contribution in [0.25, 0.3) is 0 Å². The molecule has 2 aliphatic heterocycles. The van der Waals surface area contributed by atoms with Crippen LogP contribution in [0.2, 0.25) is 0 Å². The summed E-state index contributed by atoms with van der Waals surface area (Å²) < 4.78 is 0. The van der Waals surface area contributed by atoms with Crippen molar-refractivity contribution >= 4 is 17.3 Å². The number of nitrogens with one attached hydrogen (secondary N) is 1. The highest BCUT2D eigenvalue weighted by atomic mass is 16.6. The molecule has 3 heterocycles. The minimum atomic E-state index is -0.311. The highest BCUT2D eigenvalue weighted by Crippen LogP contribution is 2.54. The van der Waals surface area contributed by atoms with Crippen molar-refractivity contribution in [2.45, 2.75) is 65.3 Å². The Morgan fingerprint density at radius 3 is 2.69 bits per heavy atom. The lowest BCUT2D eigenvalue weighted by Crippen LogP contribution is -2.35. The minimum Gasteiger partial charge on any atom is -0.363 e. The second kappa shape index (κ2) is 7.70. The van der Waals surface area contributed by atoms with E-state index in [9.17, 15) is 10.1 Å². The van der Waals surface area contributed by atoms with E-state index in [-0.39, 0.29) is 21.4 Å². The fraction of sp³-hybridized carbons (Fsp3) is 0.810. The van der Waals surface area contributed by atoms with Crippen LogP contribution in [-0.4, -0.2) is 58.6 Å². The van der Waals surface area contributed by atoms with E-state index in [0.29, 0.717) is 24.2 Å². The van der Waals surface area contributed by atoms with Gasteiger partial charge in [0.1, 0.15) is 6.33 Å². The fourth-order valence-corrected chi connectivity index (χ4v) is 6.10. The molecule has 160 valence electrons. The van der Waals surface area contributed by atoms with Gasteiger partial charge in [0.05, 0.1) is 4.92 Å². The average molecular weight is 403 g/mol. The topological polar surface area (TPSA) is 87.4 Å². The highest BCUT2D eigenvalue weighted by molar-refractivity contribution is 5.71. The van der Waals surface area contributed by atoms with Gasteiger partial charge in [-0.2, -0.15) is 0 Å². The lowest BCUT2D eigenvalue weighted by atomic mass is 9.65. The first-order valence-electron chi connectivity index (χ1n) is 11.0. The van der Waals surface area contributed by atoms with Gasteiger partial charge in [-0.15, -0.1) is 0 Å². The van der Waals surface area contributed by atoms with Crippen molar-refractivity contribution in [2.75, 3.05) is 42.9 Å². The highest BCUT2D eigenvalue weighted by Gasteiger charge is 2.51. The molecule has 1 aromatic heterocycles. The number of fused-ring (bicyclic) bond motifs is 2. The summed E-state index contributed by atoms with van der Waals surface area (Å²) in [6.45, 7) is 11.5. The van der Waals surface area contributed by atoms with Gasteiger partial charge in [0.15, 0.2) is 0 Å². The number of hydrogen-bond donors (Lipinski definition) is 1. The van der Waals surface area contributed by atoms with E-state index in [1.54, 1.807) is 0 Å². The summed E-state index contributed by atoms with van der Waals surface area (Å²) in [5.74, 6) is 0.833. The summed E-state index contributed by atoms with van der Waals surface area (Å²) in [4.78, 5) is 24.9. The van der Waals surface area contributed by atoms with Crippen molar-refractivity contribution in [3.63, 3.8) is 0 Å². The summed E-state index contributed by atoms with van der Waals surface area (Å²) in [6, 6.07) is 0.304. The van der Waals surface area contributed by atoms with Crippen LogP contribution in [0.3, 0.4) is 0 Å². The Labute approximate surface area is 173 Å². The molecule has 1 saturated carbocycles. The predicted molar refractivity (Wildman–Crippen MR) is 114 cm³/mol. The monoisotopic (exact) mass is 402 g/mol. The van der Waals surface area contributed by atoms with Gasteiger partial charge in [-0.05, 0) is 56.0 Å². The van der Waals surface area contributed by atoms with Crippen molar-refractivity contribution in [1.82, 2.24) is 14.9 Å². The Morgan fingerprint density at radius 2 is 1.97 bits per heavy atom. The maximum absolute atomic E-state index is 12.0. The maximum Gasteiger partial charge on any atom is 0.353 e. The Bertz CT molecular complexity index is 764. The third-order valence-electron chi connectivity index (χ3n) is 6.84. The maximum atomic E-state index is 12.0. The molecule has 3 aliphatic rings. The van der Waals surface area contributed by atoms with Crippen molar-refractivity contribution in [1.29, 1.82) is 0 Å². The normalized spacial score (nSPS) is 29.1. The zero-order valence-corrected chi connectivity index (χ0v) is 18.0. The standard InChI is InChI=1S/C21H34N6O2/c1-20(2)11-16-12-21(3,13-20)14-26(16)19-17(27(28)29)18(23-15-24-19)22-7-10-25-8-5-4-6-9-25/h15-16H,4-14H2,1-3H3,(H,22,23,24). The van der Waals surface area contributed by atoms with Crippen LogP contribution >= 0.6 is 0 Å². The van der Waals surface area contributed by atoms with Crippen molar-refractivity contribution in [3.05, 3.63) is 16.4 Å². The van der Waals surface area contributed by atoms with E-state index < -0.39 is 0 Å². The molecular formula is C21H34N6O2. The molecule has 3 fully saturated rings. The molecule has 0 spiro atoms. The SMILES string of the molecule is CC1(C)CC2CC(C)(CN2c2ncnc(NCCN3CCCCC3)c2[N+](=O)[O-])C1. The lowest BCUT2D eigenvalue weighted by Gasteiger charge is -2.39. The second-order valence-corrected chi connectivity index (χ2v) is 10.3. The van der Waals surface area contributed by atoms with Gasteiger partial charge in [0.25, 0.3) is 0 Å². The molecular weight excluding hydrogens is 368 g/mol. The smallest absolute Gasteiger partial charge is 0.353 e. The van der Waals surface area contributed by atoms with Gasteiger partial charge in [-0.1, -0.05) is 27.2 Å². The van der Waals surface area contributed by atoms with Crippen LogP contribution in [0.15, 0.2) is 6.33 Å². The van der Waals surface area contributed by atoms with Crippen LogP contribution in [0.5, 0.6) is 0 Å². The third kappa shape index (κ3) is 4.32. The third-order valence-corrected chi connectivity index (χ3v) is 6.84. The van der Waals surface area contributed by atoms with Crippen LogP contribution < -0.4 is 10.2 Å². The largest absolute Gasteiger partial charge is 0.363 e. The Morgan fingerprint density at radius 1 is 1.21 bits per heavy atom. The molecule has 0 aromatic carbocycles.